The number of carbonyl (C=O) groups excluding carboxylic acids is 3. The molecule has 248 valence electrons. The molecule has 2 atom stereocenters. The number of benzene rings is 3. The average Bonchev–Trinajstić information content (AvgIpc) is 3.06. The van der Waals surface area contributed by atoms with Gasteiger partial charge in [-0.2, -0.15) is 0 Å². The van der Waals surface area contributed by atoms with Crippen LogP contribution in [0.2, 0.25) is 5.02 Å². The number of carbonyl (C=O) groups is 3. The molecule has 2 bridgehead atoms. The quantitative estimate of drug-likeness (QED) is 0.183. The van der Waals surface area contributed by atoms with Gasteiger partial charge in [-0.3, -0.25) is 14.4 Å². The topological polar surface area (TPSA) is 123 Å². The van der Waals surface area contributed by atoms with Crippen LogP contribution < -0.4 is 25.8 Å². The highest BCUT2D eigenvalue weighted by Crippen LogP contribution is 2.34. The second-order valence-electron chi connectivity index (χ2n) is 11.8. The van der Waals surface area contributed by atoms with Crippen molar-refractivity contribution >= 4 is 50.8 Å². The predicted octanol–water partition coefficient (Wildman–Crippen LogP) is 5.29. The molecule has 0 radical (unpaired) electrons. The molecule has 0 aromatic heterocycles. The van der Waals surface area contributed by atoms with Gasteiger partial charge in [0.2, 0.25) is 17.7 Å². The van der Waals surface area contributed by atoms with Crippen molar-refractivity contribution in [2.45, 2.75) is 50.6 Å². The standard InChI is InChI=1S/C36H40BrClN4O5/c37-26-12-16-29(17-13-26)47-20-19-46-28-14-10-24(11-15-28)30-21-27-22-42(34(44)9-3-8-33(39)43)23-32(41-27)35(30)36(45)40-18-4-6-25-5-1-2-7-31(25)38/h1-2,5,7,10-17,27,32,41H,3-4,6,8-9,18-23H2,(H2,39,43)(H,40,45)/t27-,32-/m1/s1. The van der Waals surface area contributed by atoms with E-state index in [0.29, 0.717) is 57.0 Å². The lowest BCUT2D eigenvalue weighted by molar-refractivity contribution is -0.133. The maximum Gasteiger partial charge on any atom is 0.249 e. The first-order valence-electron chi connectivity index (χ1n) is 15.9. The smallest absolute Gasteiger partial charge is 0.249 e. The number of hydrogen-bond donors (Lipinski definition) is 3. The third-order valence-corrected chi connectivity index (χ3v) is 9.22. The Labute approximate surface area is 288 Å². The van der Waals surface area contributed by atoms with Crippen molar-refractivity contribution in [3.8, 4) is 11.5 Å². The van der Waals surface area contributed by atoms with E-state index in [1.54, 1.807) is 0 Å². The Kier molecular flexibility index (Phi) is 12.3. The monoisotopic (exact) mass is 722 g/mol. The zero-order chi connectivity index (χ0) is 33.2. The molecule has 5 rings (SSSR count). The first kappa shape index (κ1) is 34.5. The fourth-order valence-electron chi connectivity index (χ4n) is 6.04. The summed E-state index contributed by atoms with van der Waals surface area (Å²) in [4.78, 5) is 39.9. The van der Waals surface area contributed by atoms with Crippen LogP contribution in [0.25, 0.3) is 5.57 Å². The van der Waals surface area contributed by atoms with E-state index in [9.17, 15) is 14.4 Å². The molecule has 3 aromatic rings. The lowest BCUT2D eigenvalue weighted by Crippen LogP contribution is -2.62. The highest BCUT2D eigenvalue weighted by Gasteiger charge is 2.39. The number of rotatable bonds is 15. The fourth-order valence-corrected chi connectivity index (χ4v) is 6.53. The minimum Gasteiger partial charge on any atom is -0.490 e. The Bertz CT molecular complexity index is 1580. The average molecular weight is 724 g/mol. The van der Waals surface area contributed by atoms with Crippen LogP contribution in [0.3, 0.4) is 0 Å². The number of ether oxygens (including phenoxy) is 2. The summed E-state index contributed by atoms with van der Waals surface area (Å²) >= 11 is 9.74. The van der Waals surface area contributed by atoms with Gasteiger partial charge in [0.05, 0.1) is 6.04 Å². The molecule has 9 nitrogen and oxygen atoms in total. The summed E-state index contributed by atoms with van der Waals surface area (Å²) in [7, 11) is 0. The number of aryl methyl sites for hydroxylation is 1. The molecule has 0 unspecified atom stereocenters. The molecule has 47 heavy (non-hydrogen) atoms. The van der Waals surface area contributed by atoms with Crippen molar-refractivity contribution in [3.05, 3.63) is 99.0 Å². The first-order chi connectivity index (χ1) is 22.8. The number of primary amides is 1. The highest BCUT2D eigenvalue weighted by atomic mass is 79.9. The van der Waals surface area contributed by atoms with Gasteiger partial charge in [-0.05, 0) is 84.8 Å². The minimum atomic E-state index is -0.415. The van der Waals surface area contributed by atoms with Crippen LogP contribution in [0, 0.1) is 0 Å². The Morgan fingerprint density at radius 3 is 2.28 bits per heavy atom. The number of fused-ring (bicyclic) bond motifs is 2. The van der Waals surface area contributed by atoms with Crippen molar-refractivity contribution in [1.82, 2.24) is 15.5 Å². The van der Waals surface area contributed by atoms with Crippen molar-refractivity contribution < 1.29 is 23.9 Å². The van der Waals surface area contributed by atoms with Crippen LogP contribution in [-0.2, 0) is 20.8 Å². The van der Waals surface area contributed by atoms with Gasteiger partial charge in [0, 0.05) is 53.6 Å². The van der Waals surface area contributed by atoms with Crippen LogP contribution in [0.1, 0.15) is 43.2 Å². The molecule has 0 spiro atoms. The number of nitrogens with two attached hydrogens (primary N) is 1. The molecule has 0 saturated carbocycles. The number of nitrogens with zero attached hydrogens (tertiary/aromatic N) is 1. The van der Waals surface area contributed by atoms with Crippen LogP contribution in [0.5, 0.6) is 11.5 Å². The molecule has 1 saturated heterocycles. The summed E-state index contributed by atoms with van der Waals surface area (Å²) in [6, 6.07) is 22.8. The first-order valence-corrected chi connectivity index (χ1v) is 17.1. The molecule has 0 aliphatic carbocycles. The Hall–Kier alpha value is -3.86. The maximum atomic E-state index is 13.8. The number of hydrogen-bond acceptors (Lipinski definition) is 6. The molecular formula is C36H40BrClN4O5. The lowest BCUT2D eigenvalue weighted by atomic mass is 9.83. The summed E-state index contributed by atoms with van der Waals surface area (Å²) in [5.74, 6) is 0.888. The third kappa shape index (κ3) is 9.82. The van der Waals surface area contributed by atoms with E-state index in [4.69, 9.17) is 26.8 Å². The van der Waals surface area contributed by atoms with Gasteiger partial charge in [0.25, 0.3) is 0 Å². The molecule has 2 aliphatic rings. The molecular weight excluding hydrogens is 684 g/mol. The zero-order valence-electron chi connectivity index (χ0n) is 26.2. The zero-order valence-corrected chi connectivity index (χ0v) is 28.5. The van der Waals surface area contributed by atoms with Gasteiger partial charge < -0.3 is 30.7 Å². The molecule has 11 heteroatoms. The number of piperazine rings is 1. The Balaban J connectivity index is 1.26. The van der Waals surface area contributed by atoms with E-state index in [1.165, 1.54) is 0 Å². The van der Waals surface area contributed by atoms with Crippen molar-refractivity contribution in [2.75, 3.05) is 32.8 Å². The summed E-state index contributed by atoms with van der Waals surface area (Å²) in [6.07, 6.45) is 2.91. The molecule has 2 heterocycles. The van der Waals surface area contributed by atoms with Gasteiger partial charge >= 0.3 is 0 Å². The fraction of sp³-hybridized carbons (Fsp3) is 0.361. The predicted molar refractivity (Wildman–Crippen MR) is 186 cm³/mol. The summed E-state index contributed by atoms with van der Waals surface area (Å²) in [5.41, 5.74) is 8.87. The van der Waals surface area contributed by atoms with Crippen molar-refractivity contribution in [1.29, 1.82) is 0 Å². The van der Waals surface area contributed by atoms with E-state index >= 15 is 0 Å². The largest absolute Gasteiger partial charge is 0.490 e. The van der Waals surface area contributed by atoms with Gasteiger partial charge in [-0.25, -0.2) is 0 Å². The lowest BCUT2D eigenvalue weighted by Gasteiger charge is -2.44. The Morgan fingerprint density at radius 1 is 0.915 bits per heavy atom. The summed E-state index contributed by atoms with van der Waals surface area (Å²) in [5, 5.41) is 7.43. The van der Waals surface area contributed by atoms with E-state index in [2.05, 4.69) is 26.6 Å². The van der Waals surface area contributed by atoms with Crippen LogP contribution in [0.4, 0.5) is 0 Å². The molecule has 4 N–H and O–H groups in total. The van der Waals surface area contributed by atoms with Gasteiger partial charge in [-0.1, -0.05) is 57.9 Å². The van der Waals surface area contributed by atoms with E-state index in [0.717, 1.165) is 44.8 Å². The van der Waals surface area contributed by atoms with Crippen LogP contribution >= 0.6 is 27.5 Å². The maximum absolute atomic E-state index is 13.8. The van der Waals surface area contributed by atoms with E-state index in [-0.39, 0.29) is 36.7 Å². The number of amides is 3. The van der Waals surface area contributed by atoms with Crippen molar-refractivity contribution in [2.24, 2.45) is 5.73 Å². The summed E-state index contributed by atoms with van der Waals surface area (Å²) < 4.78 is 12.7. The minimum absolute atomic E-state index is 0.00713. The highest BCUT2D eigenvalue weighted by molar-refractivity contribution is 9.10. The number of nitrogens with one attached hydrogen (secondary N) is 2. The summed E-state index contributed by atoms with van der Waals surface area (Å²) in [6.45, 7) is 2.18. The molecule has 3 aromatic carbocycles. The molecule has 1 fully saturated rings. The van der Waals surface area contributed by atoms with Crippen LogP contribution in [-0.4, -0.2) is 67.6 Å². The van der Waals surface area contributed by atoms with Gasteiger partial charge in [-0.15, -0.1) is 0 Å². The second-order valence-corrected chi connectivity index (χ2v) is 13.1. The van der Waals surface area contributed by atoms with Gasteiger partial charge in [0.15, 0.2) is 0 Å². The molecule has 3 amide bonds. The SMILES string of the molecule is NC(=O)CCCC(=O)N1C[C@H]2CC(c3ccc(OCCOc4ccc(Br)cc4)cc3)=C(C(=O)NCCCc3ccccc3Cl)[C@@H](C1)N2. The number of halogens is 2. The second kappa shape index (κ2) is 16.8. The Morgan fingerprint density at radius 2 is 1.60 bits per heavy atom. The molecule has 2 aliphatic heterocycles. The van der Waals surface area contributed by atoms with E-state index in [1.807, 2.05) is 77.7 Å². The van der Waals surface area contributed by atoms with Crippen molar-refractivity contribution in [3.63, 3.8) is 0 Å². The third-order valence-electron chi connectivity index (χ3n) is 8.32. The van der Waals surface area contributed by atoms with Gasteiger partial charge in [0.1, 0.15) is 24.7 Å². The van der Waals surface area contributed by atoms with E-state index < -0.39 is 5.91 Å². The normalized spacial score (nSPS) is 17.3. The van der Waals surface area contributed by atoms with Crippen LogP contribution in [0.15, 0.2) is 82.8 Å².